The van der Waals surface area contributed by atoms with Gasteiger partial charge in [0.25, 0.3) is 0 Å². The van der Waals surface area contributed by atoms with Crippen LogP contribution in [0.15, 0.2) is 243 Å². The number of aliphatic hydroxyl groups is 1. The number of fused-ring (bicyclic) bond motifs is 5. The van der Waals surface area contributed by atoms with Gasteiger partial charge >= 0.3 is 23.9 Å². The molecule has 5 saturated heterocycles. The molecule has 1 amide bonds. The number of likely N-dealkylation sites (tertiary alicyclic amines) is 1. The predicted molar refractivity (Wildman–Crippen MR) is 562 cm³/mol. The predicted octanol–water partition coefficient (Wildman–Crippen LogP) is 15.0. The molecule has 0 aliphatic carbocycles. The molecular weight excluding hydrogens is 1870 g/mol. The maximum absolute atomic E-state index is 12.9. The lowest BCUT2D eigenvalue weighted by Crippen LogP contribution is -2.45. The molecule has 5 aromatic heterocycles. The Hall–Kier alpha value is -16.5. The summed E-state index contributed by atoms with van der Waals surface area (Å²) in [7, 11) is 8.26. The molecule has 4 N–H and O–H groups in total. The maximum atomic E-state index is 12.9. The quantitative estimate of drug-likeness (QED) is 0.0353. The monoisotopic (exact) mass is 1980 g/mol. The molecule has 148 heavy (non-hydrogen) atoms. The fourth-order valence-electron chi connectivity index (χ4n) is 18.3. The number of piperidine rings is 4. The molecule has 5 aliphatic rings. The van der Waals surface area contributed by atoms with Crippen molar-refractivity contribution in [1.82, 2.24) is 69.9 Å². The van der Waals surface area contributed by atoms with Crippen LogP contribution in [-0.4, -0.2) is 218 Å². The van der Waals surface area contributed by atoms with Crippen LogP contribution >= 0.6 is 0 Å². The molecule has 0 spiro atoms. The van der Waals surface area contributed by atoms with Crippen molar-refractivity contribution < 1.29 is 48.0 Å². The van der Waals surface area contributed by atoms with E-state index in [4.69, 9.17) is 54.6 Å². The van der Waals surface area contributed by atoms with Crippen LogP contribution in [0, 0.1) is 62.6 Å². The third-order valence-electron chi connectivity index (χ3n) is 27.0. The molecule has 0 radical (unpaired) electrons. The highest BCUT2D eigenvalue weighted by Gasteiger charge is 2.42. The minimum Gasteiger partial charge on any atom is -0.460 e. The number of hydrogen-bond donors (Lipinski definition) is 3. The van der Waals surface area contributed by atoms with Crippen molar-refractivity contribution in [2.75, 3.05) is 126 Å². The standard InChI is InChI=1S/C25H27N5O2.C25H26N4O2.C24H24N4O3.C23H23N5O2.C17H20N6O/c1-29(2)19-12-14-30(15-13-19)24-23(27-21-10-6-7-11-22(21)28-24)20(16-26)25(31)32-17-18-8-4-3-5-9-18;1-2-18-12-14-29(15-13-18)24-23(27-21-10-6-7-11-22(21)28-24)20(16-26)25(30)31-17-19-8-4-3-5-9-19;1-28-13-11-24(30,12-14-28)22-21(26-19-9-5-6-10-20(19)27-22)18(15-25)23(29)31-16-17-7-3-2-4-8-17;24-14-18(23(29)30-15-16-6-2-1-3-7-16)21-22(28-12-10-17(25)11-13-28)27-20-9-5-4-8-19(20)26-21;1-12(24)19-15(11-18)16-17(23-9-7-22(2)8-10-23)21-14-6-4-3-5-13(14)20-16/h3-11,19-20H,12-15,17H2,1-2H3;3-11,18,20H,2,12-15,17H2,1H3;2-10,18,30H,11-14,16H2,1H3;1-9,17-18H,10-13,15,25H2;3-6,15H,7-10H2,1-2H3,(H,19,24). The highest BCUT2D eigenvalue weighted by molar-refractivity contribution is 5.89. The number of carbonyl (C=O) groups excluding carboxylic acids is 5. The number of nitrogens with zero attached hydrogens (tertiary/aromatic N) is 22. The number of nitrogens with two attached hydrogens (primary N) is 1. The van der Waals surface area contributed by atoms with E-state index in [0.717, 1.165) is 147 Å². The minimum atomic E-state index is -1.28. The van der Waals surface area contributed by atoms with Crippen LogP contribution in [0.3, 0.4) is 0 Å². The van der Waals surface area contributed by atoms with Crippen LogP contribution in [0.25, 0.3) is 55.2 Å². The van der Waals surface area contributed by atoms with Crippen molar-refractivity contribution >= 4 is 108 Å². The smallest absolute Gasteiger partial charge is 0.330 e. The number of carbonyl (C=O) groups is 5. The van der Waals surface area contributed by atoms with Gasteiger partial charge in [-0.25, -0.2) is 49.8 Å². The van der Waals surface area contributed by atoms with E-state index in [1.54, 1.807) is 6.07 Å². The van der Waals surface area contributed by atoms with Gasteiger partial charge < -0.3 is 69.4 Å². The highest BCUT2D eigenvalue weighted by Crippen LogP contribution is 2.40. The Morgan fingerprint density at radius 1 is 0.365 bits per heavy atom. The first-order valence-electron chi connectivity index (χ1n) is 49.9. The summed E-state index contributed by atoms with van der Waals surface area (Å²) in [5.74, 6) is -4.32. The fraction of sp³-hybridized carbons (Fsp3) is 0.351. The van der Waals surface area contributed by atoms with Crippen molar-refractivity contribution in [3.05, 3.63) is 299 Å². The van der Waals surface area contributed by atoms with Crippen molar-refractivity contribution in [3.63, 3.8) is 0 Å². The molecule has 14 aromatic rings. The number of para-hydroxylation sites is 10. The van der Waals surface area contributed by atoms with Crippen LogP contribution in [0.2, 0.25) is 0 Å². The number of nitrogens with one attached hydrogen (secondary N) is 1. The number of anilines is 4. The average Bonchev–Trinajstić information content (AvgIpc) is 0.757. The van der Waals surface area contributed by atoms with Crippen LogP contribution in [-0.2, 0) is 74.9 Å². The van der Waals surface area contributed by atoms with Crippen LogP contribution in [0.4, 0.5) is 23.3 Å². The van der Waals surface area contributed by atoms with Gasteiger partial charge in [0, 0.05) is 97.5 Å². The Balaban J connectivity index is 0.000000139. The molecule has 5 fully saturated rings. The Kier molecular flexibility index (Phi) is 36.7. The summed E-state index contributed by atoms with van der Waals surface area (Å²) in [5.41, 5.74) is 17.2. The molecule has 10 heterocycles. The number of likely N-dealkylation sites (N-methyl/N-ethyl adjacent to an activating group) is 1. The second-order valence-corrected chi connectivity index (χ2v) is 37.5. The van der Waals surface area contributed by atoms with Crippen molar-refractivity contribution in [2.45, 2.75) is 145 Å². The Labute approximate surface area is 860 Å². The molecular formula is C114H120N24O10. The van der Waals surface area contributed by atoms with Crippen LogP contribution in [0.5, 0.6) is 0 Å². The summed E-state index contributed by atoms with van der Waals surface area (Å²) in [6, 6.07) is 85.2. The summed E-state index contributed by atoms with van der Waals surface area (Å²) in [6.07, 6.45) is 7.80. The number of benzene rings is 9. The largest absolute Gasteiger partial charge is 0.460 e. The molecule has 5 aliphatic heterocycles. The van der Waals surface area contributed by atoms with Crippen molar-refractivity contribution in [3.8, 4) is 30.3 Å². The number of ether oxygens (including phenoxy) is 4. The zero-order valence-corrected chi connectivity index (χ0v) is 83.9. The van der Waals surface area contributed by atoms with Gasteiger partial charge in [0.2, 0.25) is 5.91 Å². The molecule has 9 aromatic carbocycles. The van der Waals surface area contributed by atoms with Gasteiger partial charge in [-0.05, 0) is 168 Å². The van der Waals surface area contributed by atoms with Gasteiger partial charge in [0.15, 0.2) is 53.0 Å². The van der Waals surface area contributed by atoms with Crippen molar-refractivity contribution in [1.29, 1.82) is 26.3 Å². The third-order valence-corrected chi connectivity index (χ3v) is 27.0. The minimum absolute atomic E-state index is 0.0588. The van der Waals surface area contributed by atoms with Gasteiger partial charge in [0.1, 0.15) is 54.8 Å². The third kappa shape index (κ3) is 27.2. The summed E-state index contributed by atoms with van der Waals surface area (Å²) in [5, 5.41) is 63.1. The van der Waals surface area contributed by atoms with Gasteiger partial charge in [-0.1, -0.05) is 195 Å². The number of hydrogen-bond acceptors (Lipinski definition) is 33. The second kappa shape index (κ2) is 51.3. The van der Waals surface area contributed by atoms with Gasteiger partial charge in [-0.3, -0.25) is 24.0 Å². The number of rotatable bonds is 25. The van der Waals surface area contributed by atoms with E-state index in [2.05, 4.69) is 112 Å². The Morgan fingerprint density at radius 3 is 0.932 bits per heavy atom. The molecule has 19 rings (SSSR count). The number of nitriles is 5. The SMILES string of the molecule is CC(=O)NC(C#N)c1nc2ccccc2nc1N1CCN(C)CC1.CCC1CCN(c2nc3ccccc3nc2C(C#N)C(=O)OCc2ccccc2)CC1.CN(C)C1CCN(c2nc3ccccc3nc2C(C#N)C(=O)OCc2ccccc2)CC1.CN1CCC(O)(c2nc3ccccc3nc2C(C#N)C(=O)OCc2ccccc2)CC1.N#CC(C(=O)OCc1ccccc1)c1nc2ccccc2nc1N1CCC(N)CC1. The summed E-state index contributed by atoms with van der Waals surface area (Å²) in [4.78, 5) is 125. The molecule has 756 valence electrons. The molecule has 0 bridgehead atoms. The normalized spacial score (nSPS) is 16.0. The summed E-state index contributed by atoms with van der Waals surface area (Å²) in [6.45, 7) is 13.5. The lowest BCUT2D eigenvalue weighted by atomic mass is 9.84. The van der Waals surface area contributed by atoms with Gasteiger partial charge in [-0.2, -0.15) is 26.3 Å². The van der Waals surface area contributed by atoms with Crippen molar-refractivity contribution in [2.24, 2.45) is 11.7 Å². The Bertz CT molecular complexity index is 7150. The highest BCUT2D eigenvalue weighted by atomic mass is 16.5. The zero-order chi connectivity index (χ0) is 104. The van der Waals surface area contributed by atoms with E-state index in [0.29, 0.717) is 130 Å². The molecule has 34 heteroatoms. The lowest BCUT2D eigenvalue weighted by molar-refractivity contribution is -0.146. The maximum Gasteiger partial charge on any atom is 0.330 e. The molecule has 34 nitrogen and oxygen atoms in total. The van der Waals surface area contributed by atoms with Crippen LogP contribution in [0.1, 0.15) is 158 Å². The molecule has 5 atom stereocenters. The number of aromatic nitrogens is 10. The van der Waals surface area contributed by atoms with Crippen LogP contribution < -0.4 is 30.7 Å². The Morgan fingerprint density at radius 2 is 0.628 bits per heavy atom. The number of piperazine rings is 1. The van der Waals surface area contributed by atoms with E-state index in [1.165, 1.54) is 6.92 Å². The first kappa shape index (κ1) is 106. The van der Waals surface area contributed by atoms with Gasteiger partial charge in [0.05, 0.1) is 96.9 Å². The average molecular weight is 1990 g/mol. The fourth-order valence-corrected chi connectivity index (χ4v) is 18.3. The summed E-state index contributed by atoms with van der Waals surface area (Å²) < 4.78 is 21.8. The zero-order valence-electron chi connectivity index (χ0n) is 83.9. The summed E-state index contributed by atoms with van der Waals surface area (Å²) >= 11 is 0. The first-order valence-corrected chi connectivity index (χ1v) is 49.9. The second-order valence-electron chi connectivity index (χ2n) is 37.5. The van der Waals surface area contributed by atoms with E-state index >= 15 is 0 Å². The lowest BCUT2D eigenvalue weighted by Gasteiger charge is -2.37. The van der Waals surface area contributed by atoms with E-state index in [1.807, 2.05) is 250 Å². The van der Waals surface area contributed by atoms with Gasteiger partial charge in [-0.15, -0.1) is 0 Å². The molecule has 5 unspecified atom stereocenters. The topological polar surface area (TPSA) is 451 Å². The number of esters is 4. The first-order chi connectivity index (χ1) is 72.0. The van der Waals surface area contributed by atoms with E-state index in [-0.39, 0.29) is 44.1 Å². The number of amides is 1. The van der Waals surface area contributed by atoms with E-state index < -0.39 is 59.2 Å². The van der Waals surface area contributed by atoms with E-state index in [9.17, 15) is 55.4 Å². The molecule has 0 saturated carbocycles.